The predicted molar refractivity (Wildman–Crippen MR) is 91.3 cm³/mol. The number of hydrogen-bond acceptors (Lipinski definition) is 4. The van der Waals surface area contributed by atoms with Crippen molar-refractivity contribution in [3.05, 3.63) is 59.8 Å². The average Bonchev–Trinajstić information content (AvgIpc) is 2.55. The van der Waals surface area contributed by atoms with Gasteiger partial charge in [0.1, 0.15) is 5.82 Å². The number of rotatable bonds is 6. The summed E-state index contributed by atoms with van der Waals surface area (Å²) in [6, 6.07) is 12.6. The normalized spacial score (nSPS) is 13.4. The summed E-state index contributed by atoms with van der Waals surface area (Å²) in [4.78, 5) is 16.5. The third-order valence-corrected chi connectivity index (χ3v) is 3.44. The summed E-state index contributed by atoms with van der Waals surface area (Å²) in [5.74, 6) is 0.477. The quantitative estimate of drug-likeness (QED) is 0.766. The van der Waals surface area contributed by atoms with E-state index < -0.39 is 12.1 Å². The molecule has 2 rings (SSSR count). The summed E-state index contributed by atoms with van der Waals surface area (Å²) in [5.41, 5.74) is 1.24. The van der Waals surface area contributed by atoms with Gasteiger partial charge in [0.15, 0.2) is 0 Å². The van der Waals surface area contributed by atoms with Crippen LogP contribution >= 0.6 is 0 Å². The molecule has 2 atom stereocenters. The monoisotopic (exact) mass is 313 g/mol. The summed E-state index contributed by atoms with van der Waals surface area (Å²) >= 11 is 0. The molecule has 23 heavy (non-hydrogen) atoms. The Labute approximate surface area is 136 Å². The highest BCUT2D eigenvalue weighted by atomic mass is 16.3. The zero-order chi connectivity index (χ0) is 16.8. The van der Waals surface area contributed by atoms with Gasteiger partial charge in [-0.05, 0) is 38.5 Å². The van der Waals surface area contributed by atoms with E-state index in [4.69, 9.17) is 0 Å². The molecule has 122 valence electrons. The summed E-state index contributed by atoms with van der Waals surface area (Å²) in [6.45, 7) is 5.82. The van der Waals surface area contributed by atoms with Crippen LogP contribution < -0.4 is 10.6 Å². The fourth-order valence-corrected chi connectivity index (χ4v) is 2.22. The van der Waals surface area contributed by atoms with E-state index in [-0.39, 0.29) is 11.9 Å². The Kier molecular flexibility index (Phi) is 5.71. The maximum absolute atomic E-state index is 12.2. The Hall–Kier alpha value is -2.40. The Morgan fingerprint density at radius 1 is 1.09 bits per heavy atom. The van der Waals surface area contributed by atoms with Crippen molar-refractivity contribution < 1.29 is 9.90 Å². The molecular formula is C18H23N3O2. The fraction of sp³-hybridized carbons (Fsp3) is 0.333. The molecule has 0 unspecified atom stereocenters. The minimum Gasteiger partial charge on any atom is -0.386 e. The van der Waals surface area contributed by atoms with Gasteiger partial charge in [0.25, 0.3) is 5.91 Å². The van der Waals surface area contributed by atoms with Gasteiger partial charge in [-0.2, -0.15) is 0 Å². The van der Waals surface area contributed by atoms with E-state index in [0.29, 0.717) is 5.56 Å². The molecule has 1 aromatic heterocycles. The van der Waals surface area contributed by atoms with Gasteiger partial charge in [-0.1, -0.05) is 30.3 Å². The minimum atomic E-state index is -0.755. The van der Waals surface area contributed by atoms with Crippen LogP contribution in [-0.2, 0) is 0 Å². The molecule has 5 nitrogen and oxygen atoms in total. The lowest BCUT2D eigenvalue weighted by Crippen LogP contribution is -2.37. The first-order valence-corrected chi connectivity index (χ1v) is 7.74. The number of carbonyl (C=O) groups excluding carboxylic acids is 1. The highest BCUT2D eigenvalue weighted by Crippen LogP contribution is 2.16. The summed E-state index contributed by atoms with van der Waals surface area (Å²) in [5, 5.41) is 16.3. The molecule has 0 spiro atoms. The van der Waals surface area contributed by atoms with Gasteiger partial charge < -0.3 is 15.7 Å². The molecule has 0 radical (unpaired) electrons. The molecule has 3 N–H and O–H groups in total. The van der Waals surface area contributed by atoms with Crippen molar-refractivity contribution >= 4 is 11.7 Å². The highest BCUT2D eigenvalue weighted by Gasteiger charge is 2.19. The van der Waals surface area contributed by atoms with Crippen molar-refractivity contribution in [2.24, 2.45) is 0 Å². The molecule has 5 heteroatoms. The number of amides is 1. The van der Waals surface area contributed by atoms with Crippen molar-refractivity contribution in [1.29, 1.82) is 0 Å². The van der Waals surface area contributed by atoms with Gasteiger partial charge in [0.05, 0.1) is 17.7 Å². The lowest BCUT2D eigenvalue weighted by Gasteiger charge is -2.20. The molecule has 2 aromatic rings. The van der Waals surface area contributed by atoms with Crippen LogP contribution in [0.25, 0.3) is 0 Å². The first-order valence-electron chi connectivity index (χ1n) is 7.74. The lowest BCUT2D eigenvalue weighted by atomic mass is 10.0. The third kappa shape index (κ3) is 4.79. The number of nitrogens with one attached hydrogen (secondary N) is 2. The Morgan fingerprint density at radius 3 is 2.35 bits per heavy atom. The van der Waals surface area contributed by atoms with Crippen molar-refractivity contribution in [2.45, 2.75) is 39.0 Å². The number of aliphatic hydroxyl groups excluding tert-OH is 1. The maximum atomic E-state index is 12.2. The third-order valence-electron chi connectivity index (χ3n) is 3.44. The van der Waals surface area contributed by atoms with Crippen LogP contribution in [0, 0.1) is 0 Å². The molecule has 0 aliphatic rings. The number of hydrogen-bond donors (Lipinski definition) is 3. The molecule has 1 aromatic carbocycles. The molecule has 0 aliphatic heterocycles. The van der Waals surface area contributed by atoms with Crippen molar-refractivity contribution in [3.63, 3.8) is 0 Å². The minimum absolute atomic E-state index is 0.254. The van der Waals surface area contributed by atoms with Gasteiger partial charge in [-0.3, -0.25) is 4.79 Å². The van der Waals surface area contributed by atoms with Crippen LogP contribution in [0.3, 0.4) is 0 Å². The SMILES string of the molecule is CC(C)Nc1ccc(C(=O)N[C@@H](C)[C@H](O)c2ccccc2)cn1. The van der Waals surface area contributed by atoms with Gasteiger partial charge in [-0.15, -0.1) is 0 Å². The Bertz CT molecular complexity index is 626. The number of aliphatic hydroxyl groups is 1. The molecule has 1 amide bonds. The van der Waals surface area contributed by atoms with Crippen LogP contribution in [0.4, 0.5) is 5.82 Å². The molecule has 0 bridgehead atoms. The number of nitrogens with zero attached hydrogens (tertiary/aromatic N) is 1. The van der Waals surface area contributed by atoms with Crippen LogP contribution in [-0.4, -0.2) is 28.1 Å². The second kappa shape index (κ2) is 7.74. The molecule has 0 aliphatic carbocycles. The first-order chi connectivity index (χ1) is 11.0. The van der Waals surface area contributed by atoms with Gasteiger partial charge in [0, 0.05) is 12.2 Å². The van der Waals surface area contributed by atoms with Gasteiger partial charge in [-0.25, -0.2) is 4.98 Å². The summed E-state index contributed by atoms with van der Waals surface area (Å²) < 4.78 is 0. The largest absolute Gasteiger partial charge is 0.386 e. The number of aromatic nitrogens is 1. The summed E-state index contributed by atoms with van der Waals surface area (Å²) in [6.07, 6.45) is 0.775. The van der Waals surface area contributed by atoms with Crippen LogP contribution in [0.1, 0.15) is 42.8 Å². The van der Waals surface area contributed by atoms with Gasteiger partial charge >= 0.3 is 0 Å². The second-order valence-electron chi connectivity index (χ2n) is 5.85. The second-order valence-corrected chi connectivity index (χ2v) is 5.85. The molecule has 0 saturated carbocycles. The van der Waals surface area contributed by atoms with Crippen LogP contribution in [0.5, 0.6) is 0 Å². The first kappa shape index (κ1) is 17.0. The number of benzene rings is 1. The van der Waals surface area contributed by atoms with Gasteiger partial charge in [0.2, 0.25) is 0 Å². The Balaban J connectivity index is 1.98. The topological polar surface area (TPSA) is 74.2 Å². The number of carbonyl (C=O) groups is 1. The van der Waals surface area contributed by atoms with Crippen molar-refractivity contribution in [3.8, 4) is 0 Å². The number of anilines is 1. The smallest absolute Gasteiger partial charge is 0.253 e. The molecule has 0 saturated heterocycles. The van der Waals surface area contributed by atoms with E-state index in [1.165, 1.54) is 6.20 Å². The zero-order valence-corrected chi connectivity index (χ0v) is 13.7. The number of pyridine rings is 1. The highest BCUT2D eigenvalue weighted by molar-refractivity contribution is 5.94. The van der Waals surface area contributed by atoms with E-state index in [9.17, 15) is 9.90 Å². The van der Waals surface area contributed by atoms with Crippen molar-refractivity contribution in [2.75, 3.05) is 5.32 Å². The van der Waals surface area contributed by atoms with E-state index in [0.717, 1.165) is 11.4 Å². The fourth-order valence-electron chi connectivity index (χ4n) is 2.22. The lowest BCUT2D eigenvalue weighted by molar-refractivity contribution is 0.0852. The zero-order valence-electron chi connectivity index (χ0n) is 13.7. The van der Waals surface area contributed by atoms with E-state index in [2.05, 4.69) is 15.6 Å². The molecule has 1 heterocycles. The standard InChI is InChI=1S/C18H23N3O2/c1-12(2)20-16-10-9-15(11-19-16)18(23)21-13(3)17(22)14-7-5-4-6-8-14/h4-13,17,22H,1-3H3,(H,19,20)(H,21,23)/t13-,17-/m0/s1. The molecular weight excluding hydrogens is 290 g/mol. The Morgan fingerprint density at radius 2 is 1.78 bits per heavy atom. The van der Waals surface area contributed by atoms with E-state index in [1.54, 1.807) is 19.1 Å². The molecule has 0 fully saturated rings. The average molecular weight is 313 g/mol. The summed E-state index contributed by atoms with van der Waals surface area (Å²) in [7, 11) is 0. The van der Waals surface area contributed by atoms with Crippen LogP contribution in [0.15, 0.2) is 48.7 Å². The maximum Gasteiger partial charge on any atom is 0.253 e. The van der Waals surface area contributed by atoms with Crippen molar-refractivity contribution in [1.82, 2.24) is 10.3 Å². The van der Waals surface area contributed by atoms with E-state index >= 15 is 0 Å². The predicted octanol–water partition coefficient (Wildman–Crippen LogP) is 2.75. The van der Waals surface area contributed by atoms with E-state index in [1.807, 2.05) is 44.2 Å². The van der Waals surface area contributed by atoms with Crippen LogP contribution in [0.2, 0.25) is 0 Å².